The normalized spacial score (nSPS) is 13.6. The number of carbonyl (C=O) groups is 1. The van der Waals surface area contributed by atoms with Gasteiger partial charge >= 0.3 is 0 Å². The predicted octanol–water partition coefficient (Wildman–Crippen LogP) is 0.613. The van der Waals surface area contributed by atoms with Gasteiger partial charge in [-0.25, -0.2) is 0 Å². The summed E-state index contributed by atoms with van der Waals surface area (Å²) in [7, 11) is 0. The molecule has 1 aromatic heterocycles. The number of carbonyl (C=O) groups excluding carboxylic acids is 1. The molecule has 6 heteroatoms. The van der Waals surface area contributed by atoms with Crippen LogP contribution in [0.3, 0.4) is 0 Å². The third-order valence-corrected chi connectivity index (χ3v) is 2.52. The van der Waals surface area contributed by atoms with Gasteiger partial charge in [0.2, 0.25) is 0 Å². The second-order valence-corrected chi connectivity index (χ2v) is 3.65. The van der Waals surface area contributed by atoms with E-state index in [1.807, 2.05) is 5.38 Å². The lowest BCUT2D eigenvalue weighted by molar-refractivity contribution is 0.0952. The van der Waals surface area contributed by atoms with Gasteiger partial charge in [0.05, 0.1) is 10.9 Å². The zero-order valence-electron chi connectivity index (χ0n) is 7.60. The Morgan fingerprint density at radius 2 is 2.50 bits per heavy atom. The Morgan fingerprint density at radius 3 is 3.00 bits per heavy atom. The van der Waals surface area contributed by atoms with Crippen LogP contribution < -0.4 is 11.1 Å². The predicted molar refractivity (Wildman–Crippen MR) is 54.7 cm³/mol. The third-order valence-electron chi connectivity index (χ3n) is 1.65. The molecule has 0 saturated carbocycles. The molecule has 1 heterocycles. The number of rotatable bonds is 3. The average Bonchev–Trinajstić information content (AvgIpc) is 2.69. The number of thiophene rings is 1. The molecule has 0 aliphatic rings. The fourth-order valence-corrected chi connectivity index (χ4v) is 1.46. The monoisotopic (exact) mass is 213 g/mol. The number of amides is 1. The zero-order chi connectivity index (χ0) is 10.6. The minimum Gasteiger partial charge on any atom is -0.409 e. The molecule has 1 amide bonds. The van der Waals surface area contributed by atoms with E-state index in [9.17, 15) is 4.79 Å². The highest BCUT2D eigenvalue weighted by molar-refractivity contribution is 7.12. The molecule has 14 heavy (non-hydrogen) atoms. The second kappa shape index (κ2) is 4.61. The smallest absolute Gasteiger partial charge is 0.261 e. The van der Waals surface area contributed by atoms with Crippen molar-refractivity contribution in [3.05, 3.63) is 22.4 Å². The van der Waals surface area contributed by atoms with Crippen LogP contribution in [0.4, 0.5) is 0 Å². The third kappa shape index (κ3) is 2.46. The van der Waals surface area contributed by atoms with Gasteiger partial charge in [0, 0.05) is 0 Å². The van der Waals surface area contributed by atoms with Crippen molar-refractivity contribution in [3.8, 4) is 0 Å². The summed E-state index contributed by atoms with van der Waals surface area (Å²) >= 11 is 1.34. The van der Waals surface area contributed by atoms with Crippen LogP contribution in [0.5, 0.6) is 0 Å². The Kier molecular flexibility index (Phi) is 3.47. The minimum absolute atomic E-state index is 0.0186. The highest BCUT2D eigenvalue weighted by Crippen LogP contribution is 2.07. The summed E-state index contributed by atoms with van der Waals surface area (Å²) < 4.78 is 0. The maximum Gasteiger partial charge on any atom is 0.261 e. The first kappa shape index (κ1) is 10.5. The van der Waals surface area contributed by atoms with Crippen LogP contribution in [0.25, 0.3) is 0 Å². The molecular weight excluding hydrogens is 202 g/mol. The van der Waals surface area contributed by atoms with E-state index in [0.717, 1.165) is 0 Å². The van der Waals surface area contributed by atoms with Crippen molar-refractivity contribution in [2.75, 3.05) is 0 Å². The minimum atomic E-state index is -0.477. The molecule has 76 valence electrons. The SMILES string of the molecule is CC(NC(=O)c1cccs1)/C(N)=N/O. The van der Waals surface area contributed by atoms with Gasteiger partial charge in [0.15, 0.2) is 5.84 Å². The van der Waals surface area contributed by atoms with E-state index in [1.165, 1.54) is 11.3 Å². The Morgan fingerprint density at radius 1 is 1.79 bits per heavy atom. The van der Waals surface area contributed by atoms with E-state index in [1.54, 1.807) is 19.1 Å². The molecule has 4 N–H and O–H groups in total. The van der Waals surface area contributed by atoms with E-state index in [0.29, 0.717) is 4.88 Å². The summed E-state index contributed by atoms with van der Waals surface area (Å²) in [5.74, 6) is -0.242. The standard InChI is InChI=1S/C8H11N3O2S/c1-5(7(9)11-13)10-8(12)6-3-2-4-14-6/h2-5,13H,1H3,(H2,9,11)(H,10,12). The molecule has 0 radical (unpaired) electrons. The quantitative estimate of drug-likeness (QED) is 0.297. The lowest BCUT2D eigenvalue weighted by Crippen LogP contribution is -2.42. The summed E-state index contributed by atoms with van der Waals surface area (Å²) in [6, 6.07) is 3.02. The van der Waals surface area contributed by atoms with Crippen molar-refractivity contribution in [1.82, 2.24) is 5.32 Å². The topological polar surface area (TPSA) is 87.7 Å². The number of nitrogens with zero attached hydrogens (tertiary/aromatic N) is 1. The zero-order valence-corrected chi connectivity index (χ0v) is 8.41. The molecule has 0 aliphatic heterocycles. The molecule has 5 nitrogen and oxygen atoms in total. The highest BCUT2D eigenvalue weighted by Gasteiger charge is 2.13. The van der Waals surface area contributed by atoms with Crippen molar-refractivity contribution in [2.24, 2.45) is 10.9 Å². The van der Waals surface area contributed by atoms with E-state index in [-0.39, 0.29) is 11.7 Å². The first-order valence-electron chi connectivity index (χ1n) is 3.97. The molecule has 0 fully saturated rings. The van der Waals surface area contributed by atoms with Gasteiger partial charge in [-0.05, 0) is 18.4 Å². The highest BCUT2D eigenvalue weighted by atomic mass is 32.1. The van der Waals surface area contributed by atoms with Crippen LogP contribution in [-0.2, 0) is 0 Å². The summed E-state index contributed by atoms with van der Waals surface area (Å²) in [5, 5.41) is 15.6. The van der Waals surface area contributed by atoms with Crippen molar-refractivity contribution in [2.45, 2.75) is 13.0 Å². The maximum absolute atomic E-state index is 11.4. The molecular formula is C8H11N3O2S. The van der Waals surface area contributed by atoms with Gasteiger partial charge in [-0.15, -0.1) is 11.3 Å². The molecule has 0 spiro atoms. The number of oxime groups is 1. The van der Waals surface area contributed by atoms with E-state index in [2.05, 4.69) is 10.5 Å². The van der Waals surface area contributed by atoms with Crippen LogP contribution in [0.15, 0.2) is 22.7 Å². The molecule has 0 bridgehead atoms. The summed E-state index contributed by atoms with van der Waals surface area (Å²) in [6.45, 7) is 1.64. The lowest BCUT2D eigenvalue weighted by Gasteiger charge is -2.10. The first-order chi connectivity index (χ1) is 6.65. The molecule has 0 aliphatic carbocycles. The van der Waals surface area contributed by atoms with Crippen molar-refractivity contribution >= 4 is 23.1 Å². The fourth-order valence-electron chi connectivity index (χ4n) is 0.836. The van der Waals surface area contributed by atoms with Crippen LogP contribution >= 0.6 is 11.3 Å². The largest absolute Gasteiger partial charge is 0.409 e. The van der Waals surface area contributed by atoms with Crippen LogP contribution in [0, 0.1) is 0 Å². The second-order valence-electron chi connectivity index (χ2n) is 2.70. The number of hydrogen-bond acceptors (Lipinski definition) is 4. The van der Waals surface area contributed by atoms with E-state index >= 15 is 0 Å². The van der Waals surface area contributed by atoms with Gasteiger partial charge in [0.25, 0.3) is 5.91 Å². The van der Waals surface area contributed by atoms with Crippen LogP contribution in [-0.4, -0.2) is 23.0 Å². The Labute approximate surface area is 85.2 Å². The summed E-state index contributed by atoms with van der Waals surface area (Å²) in [6.07, 6.45) is 0. The van der Waals surface area contributed by atoms with Gasteiger partial charge in [0.1, 0.15) is 0 Å². The van der Waals surface area contributed by atoms with Crippen molar-refractivity contribution in [1.29, 1.82) is 0 Å². The van der Waals surface area contributed by atoms with Crippen LogP contribution in [0.1, 0.15) is 16.6 Å². The maximum atomic E-state index is 11.4. The Hall–Kier alpha value is -1.56. The van der Waals surface area contributed by atoms with Gasteiger partial charge in [-0.3, -0.25) is 4.79 Å². The van der Waals surface area contributed by atoms with Gasteiger partial charge in [-0.1, -0.05) is 11.2 Å². The summed E-state index contributed by atoms with van der Waals surface area (Å²) in [5.41, 5.74) is 5.31. The molecule has 1 unspecified atom stereocenters. The number of nitrogens with two attached hydrogens (primary N) is 1. The van der Waals surface area contributed by atoms with Crippen molar-refractivity contribution in [3.63, 3.8) is 0 Å². The first-order valence-corrected chi connectivity index (χ1v) is 4.85. The van der Waals surface area contributed by atoms with E-state index in [4.69, 9.17) is 10.9 Å². The average molecular weight is 213 g/mol. The Bertz CT molecular complexity index is 334. The fraction of sp³-hybridized carbons (Fsp3) is 0.250. The number of nitrogens with one attached hydrogen (secondary N) is 1. The summed E-state index contributed by atoms with van der Waals surface area (Å²) in [4.78, 5) is 12.0. The Balaban J connectivity index is 2.58. The van der Waals surface area contributed by atoms with Crippen molar-refractivity contribution < 1.29 is 10.0 Å². The number of amidine groups is 1. The van der Waals surface area contributed by atoms with E-state index < -0.39 is 6.04 Å². The molecule has 0 saturated heterocycles. The number of hydrogen-bond donors (Lipinski definition) is 3. The lowest BCUT2D eigenvalue weighted by atomic mass is 10.3. The molecule has 1 rings (SSSR count). The van der Waals surface area contributed by atoms with Gasteiger partial charge < -0.3 is 16.3 Å². The molecule has 0 aromatic carbocycles. The van der Waals surface area contributed by atoms with Crippen LogP contribution in [0.2, 0.25) is 0 Å². The molecule has 1 atom stereocenters. The van der Waals surface area contributed by atoms with Gasteiger partial charge in [-0.2, -0.15) is 0 Å². The molecule has 1 aromatic rings.